The quantitative estimate of drug-likeness (QED) is 0.346. The van der Waals surface area contributed by atoms with Crippen molar-refractivity contribution in [3.05, 3.63) is 109 Å². The minimum Gasteiger partial charge on any atom is -0.457 e. The van der Waals surface area contributed by atoms with Crippen molar-refractivity contribution < 1.29 is 9.26 Å². The molecule has 0 aliphatic heterocycles. The molecule has 3 aromatic carbocycles. The molecule has 0 fully saturated rings. The molecule has 0 radical (unpaired) electrons. The molecule has 2 aromatic heterocycles. The highest BCUT2D eigenvalue weighted by Crippen LogP contribution is 2.30. The Morgan fingerprint density at radius 1 is 0.655 bits per heavy atom. The Kier molecular flexibility index (Phi) is 4.43. The molecule has 0 bridgehead atoms. The van der Waals surface area contributed by atoms with E-state index in [1.54, 1.807) is 0 Å². The highest BCUT2D eigenvalue weighted by atomic mass is 16.5. The first-order valence-corrected chi connectivity index (χ1v) is 9.39. The third-order valence-corrected chi connectivity index (χ3v) is 4.67. The van der Waals surface area contributed by atoms with E-state index in [9.17, 15) is 0 Å². The van der Waals surface area contributed by atoms with Gasteiger partial charge in [-0.25, -0.2) is 0 Å². The van der Waals surface area contributed by atoms with Gasteiger partial charge in [0, 0.05) is 35.3 Å². The van der Waals surface area contributed by atoms with Crippen LogP contribution < -0.4 is 4.74 Å². The van der Waals surface area contributed by atoms with Crippen LogP contribution in [-0.2, 0) is 0 Å². The van der Waals surface area contributed by atoms with E-state index in [1.165, 1.54) is 0 Å². The van der Waals surface area contributed by atoms with Crippen molar-refractivity contribution in [1.29, 1.82) is 0 Å². The van der Waals surface area contributed by atoms with E-state index in [-0.39, 0.29) is 0 Å². The van der Waals surface area contributed by atoms with Crippen LogP contribution in [0.2, 0.25) is 0 Å². The number of para-hydroxylation sites is 1. The zero-order chi connectivity index (χ0) is 19.5. The number of nitrogens with zero attached hydrogens (tertiary/aromatic N) is 2. The minimum atomic E-state index is 0.730. The summed E-state index contributed by atoms with van der Waals surface area (Å²) in [6, 6.07) is 31.7. The predicted octanol–water partition coefficient (Wildman–Crippen LogP) is 6.59. The maximum atomic E-state index is 5.92. The van der Waals surface area contributed by atoms with Gasteiger partial charge in [-0.2, -0.15) is 0 Å². The van der Waals surface area contributed by atoms with Gasteiger partial charge in [-0.05, 0) is 60.7 Å². The summed E-state index contributed by atoms with van der Waals surface area (Å²) in [7, 11) is 0. The van der Waals surface area contributed by atoms with E-state index >= 15 is 0 Å². The van der Waals surface area contributed by atoms with Gasteiger partial charge in [0.1, 0.15) is 17.2 Å². The van der Waals surface area contributed by atoms with Gasteiger partial charge in [-0.1, -0.05) is 35.5 Å². The minimum absolute atomic E-state index is 0.730. The zero-order valence-electron chi connectivity index (χ0n) is 15.6. The first-order chi connectivity index (χ1) is 14.3. The third kappa shape index (κ3) is 3.69. The fourth-order valence-corrected chi connectivity index (χ4v) is 3.20. The van der Waals surface area contributed by atoms with Gasteiger partial charge in [0.15, 0.2) is 5.76 Å². The van der Waals surface area contributed by atoms with Crippen LogP contribution in [0.15, 0.2) is 114 Å². The molecular formula is C25H18N2O2. The highest BCUT2D eigenvalue weighted by Gasteiger charge is 2.10. The van der Waals surface area contributed by atoms with Crippen LogP contribution in [-0.4, -0.2) is 9.72 Å². The lowest BCUT2D eigenvalue weighted by Crippen LogP contribution is -1.88. The van der Waals surface area contributed by atoms with Gasteiger partial charge in [0.25, 0.3) is 0 Å². The Balaban J connectivity index is 1.38. The molecule has 2 heterocycles. The molecule has 0 spiro atoms. The van der Waals surface area contributed by atoms with Gasteiger partial charge >= 0.3 is 0 Å². The van der Waals surface area contributed by atoms with Crippen LogP contribution in [0.5, 0.6) is 11.5 Å². The van der Waals surface area contributed by atoms with Crippen LogP contribution in [0.4, 0.5) is 0 Å². The lowest BCUT2D eigenvalue weighted by atomic mass is 10.1. The Hall–Kier alpha value is -4.05. The molecule has 0 amide bonds. The number of benzene rings is 3. The molecular weight excluding hydrogens is 360 g/mol. The van der Waals surface area contributed by atoms with E-state index in [0.717, 1.165) is 39.8 Å². The van der Waals surface area contributed by atoms with E-state index < -0.39 is 0 Å². The number of ether oxygens (including phenoxy) is 1. The van der Waals surface area contributed by atoms with E-state index in [4.69, 9.17) is 9.26 Å². The number of hydrogen-bond donors (Lipinski definition) is 0. The highest BCUT2D eigenvalue weighted by molar-refractivity contribution is 5.68. The largest absolute Gasteiger partial charge is 0.457 e. The molecule has 0 unspecified atom stereocenters. The fraction of sp³-hybridized carbons (Fsp3) is 0. The van der Waals surface area contributed by atoms with Crippen LogP contribution >= 0.6 is 0 Å². The van der Waals surface area contributed by atoms with Crippen LogP contribution in [0, 0.1) is 0 Å². The topological polar surface area (TPSA) is 40.2 Å². The van der Waals surface area contributed by atoms with E-state index in [2.05, 4.69) is 21.9 Å². The maximum Gasteiger partial charge on any atom is 0.167 e. The second-order valence-corrected chi connectivity index (χ2v) is 6.66. The summed E-state index contributed by atoms with van der Waals surface area (Å²) in [4.78, 5) is 0. The molecule has 4 heteroatoms. The Bertz CT molecular complexity index is 1210. The van der Waals surface area contributed by atoms with Gasteiger partial charge in [-0.3, -0.25) is 0 Å². The summed E-state index contributed by atoms with van der Waals surface area (Å²) in [5, 5.41) is 4.25. The van der Waals surface area contributed by atoms with Gasteiger partial charge in [0.2, 0.25) is 0 Å². The fourth-order valence-electron chi connectivity index (χ4n) is 3.20. The monoisotopic (exact) mass is 378 g/mol. The van der Waals surface area contributed by atoms with Crippen LogP contribution in [0.25, 0.3) is 28.3 Å². The van der Waals surface area contributed by atoms with Gasteiger partial charge in [0.05, 0.1) is 0 Å². The SMILES string of the molecule is c1ccc(Oc2cccc(-c3cc(-c4ccc(-n5cccc5)cc4)on3)c2)cc1. The van der Waals surface area contributed by atoms with Crippen molar-refractivity contribution in [1.82, 2.24) is 9.72 Å². The molecule has 0 aliphatic rings. The normalized spacial score (nSPS) is 10.8. The van der Waals surface area contributed by atoms with E-state index in [1.807, 2.05) is 97.3 Å². The molecule has 5 aromatic rings. The van der Waals surface area contributed by atoms with Crippen LogP contribution in [0.1, 0.15) is 0 Å². The van der Waals surface area contributed by atoms with Crippen molar-refractivity contribution >= 4 is 0 Å². The van der Waals surface area contributed by atoms with Crippen molar-refractivity contribution in [3.8, 4) is 39.8 Å². The zero-order valence-corrected chi connectivity index (χ0v) is 15.6. The van der Waals surface area contributed by atoms with Gasteiger partial charge in [-0.15, -0.1) is 0 Å². The Morgan fingerprint density at radius 3 is 2.21 bits per heavy atom. The maximum absolute atomic E-state index is 5.92. The first-order valence-electron chi connectivity index (χ1n) is 9.39. The lowest BCUT2D eigenvalue weighted by molar-refractivity contribution is 0.435. The summed E-state index contributed by atoms with van der Waals surface area (Å²) < 4.78 is 13.6. The molecule has 29 heavy (non-hydrogen) atoms. The molecule has 0 saturated heterocycles. The summed E-state index contributed by atoms with van der Waals surface area (Å²) in [6.07, 6.45) is 4.04. The van der Waals surface area contributed by atoms with Crippen molar-refractivity contribution in [3.63, 3.8) is 0 Å². The van der Waals surface area contributed by atoms with Crippen molar-refractivity contribution in [2.24, 2.45) is 0 Å². The average Bonchev–Trinajstić information content (AvgIpc) is 3.48. The molecule has 0 aliphatic carbocycles. The summed E-state index contributed by atoms with van der Waals surface area (Å²) in [6.45, 7) is 0. The van der Waals surface area contributed by atoms with Crippen molar-refractivity contribution in [2.75, 3.05) is 0 Å². The van der Waals surface area contributed by atoms with Crippen LogP contribution in [0.3, 0.4) is 0 Å². The second kappa shape index (κ2) is 7.52. The standard InChI is InChI=1S/C25H18N2O2/c1-2-8-22(9-3-1)28-23-10-6-7-20(17-23)24-18-25(29-26-24)19-11-13-21(14-12-19)27-15-4-5-16-27/h1-18H. The molecule has 5 rings (SSSR count). The number of rotatable bonds is 5. The third-order valence-electron chi connectivity index (χ3n) is 4.67. The number of hydrogen-bond acceptors (Lipinski definition) is 3. The molecule has 0 atom stereocenters. The molecule has 140 valence electrons. The first kappa shape index (κ1) is 17.1. The Morgan fingerprint density at radius 2 is 1.41 bits per heavy atom. The summed E-state index contributed by atoms with van der Waals surface area (Å²) in [5.74, 6) is 2.29. The molecule has 4 nitrogen and oxygen atoms in total. The molecule has 0 N–H and O–H groups in total. The lowest BCUT2D eigenvalue weighted by Gasteiger charge is -2.06. The smallest absolute Gasteiger partial charge is 0.167 e. The predicted molar refractivity (Wildman–Crippen MR) is 113 cm³/mol. The average molecular weight is 378 g/mol. The molecule has 0 saturated carbocycles. The number of aromatic nitrogens is 2. The Labute approximate surface area is 168 Å². The second-order valence-electron chi connectivity index (χ2n) is 6.66. The van der Waals surface area contributed by atoms with Crippen molar-refractivity contribution in [2.45, 2.75) is 0 Å². The summed E-state index contributed by atoms with van der Waals surface area (Å²) >= 11 is 0. The van der Waals surface area contributed by atoms with E-state index in [0.29, 0.717) is 0 Å². The van der Waals surface area contributed by atoms with Gasteiger partial charge < -0.3 is 13.8 Å². The summed E-state index contributed by atoms with van der Waals surface area (Å²) in [5.41, 5.74) is 3.80.